The Labute approximate surface area is 105 Å². The summed E-state index contributed by atoms with van der Waals surface area (Å²) in [6, 6.07) is 4.62. The van der Waals surface area contributed by atoms with Gasteiger partial charge in [-0.05, 0) is 37.5 Å². The first-order chi connectivity index (χ1) is 8.56. The third kappa shape index (κ3) is 3.29. The quantitative estimate of drug-likeness (QED) is 0.842. The van der Waals surface area contributed by atoms with Gasteiger partial charge in [0.05, 0.1) is 12.1 Å². The second-order valence-electron chi connectivity index (χ2n) is 4.51. The van der Waals surface area contributed by atoms with Gasteiger partial charge in [0.2, 0.25) is 5.91 Å². The predicted octanol–water partition coefficient (Wildman–Crippen LogP) is 1.14. The van der Waals surface area contributed by atoms with Crippen molar-refractivity contribution in [1.82, 2.24) is 10.6 Å². The van der Waals surface area contributed by atoms with E-state index in [1.807, 2.05) is 0 Å². The second-order valence-corrected chi connectivity index (χ2v) is 4.51. The normalized spacial score (nSPS) is 14.1. The molecule has 1 aliphatic rings. The number of nitrogens with one attached hydrogen (secondary N) is 2. The molecule has 96 valence electrons. The number of rotatable bonds is 4. The van der Waals surface area contributed by atoms with E-state index in [0.717, 1.165) is 18.4 Å². The van der Waals surface area contributed by atoms with Crippen LogP contribution in [0.15, 0.2) is 18.2 Å². The molecule has 0 heterocycles. The van der Waals surface area contributed by atoms with Crippen molar-refractivity contribution in [2.75, 3.05) is 6.54 Å². The van der Waals surface area contributed by atoms with E-state index in [-0.39, 0.29) is 24.1 Å². The predicted molar refractivity (Wildman–Crippen MR) is 64.6 cm³/mol. The minimum absolute atomic E-state index is 0.0418. The number of halogens is 1. The maximum Gasteiger partial charge on any atom is 0.254 e. The van der Waals surface area contributed by atoms with Crippen LogP contribution in [0.1, 0.15) is 28.8 Å². The Morgan fingerprint density at radius 1 is 1.39 bits per heavy atom. The van der Waals surface area contributed by atoms with Gasteiger partial charge in [-0.3, -0.25) is 9.59 Å². The number of amides is 2. The SMILES string of the molecule is Cc1ccc(C(=O)NCC(=O)NC2CC2)c(F)c1. The first kappa shape index (κ1) is 12.5. The molecule has 0 unspecified atom stereocenters. The highest BCUT2D eigenvalue weighted by molar-refractivity contribution is 5.96. The molecule has 0 spiro atoms. The molecule has 1 aromatic carbocycles. The summed E-state index contributed by atoms with van der Waals surface area (Å²) in [6.45, 7) is 1.62. The molecule has 1 fully saturated rings. The fourth-order valence-electron chi connectivity index (χ4n) is 1.57. The number of hydrogen-bond donors (Lipinski definition) is 2. The fraction of sp³-hybridized carbons (Fsp3) is 0.385. The summed E-state index contributed by atoms with van der Waals surface area (Å²) < 4.78 is 13.5. The maximum absolute atomic E-state index is 13.5. The minimum atomic E-state index is -0.574. The van der Waals surface area contributed by atoms with Gasteiger partial charge in [0.15, 0.2) is 0 Å². The largest absolute Gasteiger partial charge is 0.352 e. The number of carbonyl (C=O) groups excluding carboxylic acids is 2. The monoisotopic (exact) mass is 250 g/mol. The highest BCUT2D eigenvalue weighted by atomic mass is 19.1. The molecule has 2 rings (SSSR count). The first-order valence-corrected chi connectivity index (χ1v) is 5.90. The zero-order chi connectivity index (χ0) is 13.1. The Hall–Kier alpha value is -1.91. The van der Waals surface area contributed by atoms with Crippen LogP contribution in [0.5, 0.6) is 0 Å². The molecule has 2 amide bonds. The van der Waals surface area contributed by atoms with Crippen LogP contribution >= 0.6 is 0 Å². The molecule has 0 aromatic heterocycles. The van der Waals surface area contributed by atoms with Crippen LogP contribution < -0.4 is 10.6 Å². The molecule has 2 N–H and O–H groups in total. The van der Waals surface area contributed by atoms with Crippen LogP contribution in [0.25, 0.3) is 0 Å². The Bertz CT molecular complexity index is 484. The van der Waals surface area contributed by atoms with Crippen molar-refractivity contribution >= 4 is 11.8 Å². The van der Waals surface area contributed by atoms with E-state index < -0.39 is 11.7 Å². The Morgan fingerprint density at radius 3 is 2.72 bits per heavy atom. The van der Waals surface area contributed by atoms with Crippen LogP contribution in [-0.2, 0) is 4.79 Å². The standard InChI is InChI=1S/C13H15FN2O2/c1-8-2-5-10(11(14)6-8)13(18)15-7-12(17)16-9-3-4-9/h2,5-6,9H,3-4,7H2,1H3,(H,15,18)(H,16,17). The second kappa shape index (κ2) is 5.16. The van der Waals surface area contributed by atoms with Crippen molar-refractivity contribution in [2.24, 2.45) is 0 Å². The lowest BCUT2D eigenvalue weighted by molar-refractivity contribution is -0.120. The summed E-state index contributed by atoms with van der Waals surface area (Å²) >= 11 is 0. The Morgan fingerprint density at radius 2 is 2.11 bits per heavy atom. The number of carbonyl (C=O) groups is 2. The Balaban J connectivity index is 1.88. The maximum atomic E-state index is 13.5. The average Bonchev–Trinajstić information content (AvgIpc) is 3.10. The zero-order valence-corrected chi connectivity index (χ0v) is 10.1. The van der Waals surface area contributed by atoms with Gasteiger partial charge in [-0.2, -0.15) is 0 Å². The summed E-state index contributed by atoms with van der Waals surface area (Å²) in [5.74, 6) is -1.38. The molecule has 0 bridgehead atoms. The van der Waals surface area contributed by atoms with Crippen molar-refractivity contribution < 1.29 is 14.0 Å². The van der Waals surface area contributed by atoms with Gasteiger partial charge in [0.25, 0.3) is 5.91 Å². The molecule has 0 radical (unpaired) electrons. The van der Waals surface area contributed by atoms with Gasteiger partial charge in [-0.25, -0.2) is 4.39 Å². The van der Waals surface area contributed by atoms with Crippen molar-refractivity contribution in [2.45, 2.75) is 25.8 Å². The lowest BCUT2D eigenvalue weighted by Crippen LogP contribution is -2.38. The third-order valence-electron chi connectivity index (χ3n) is 2.72. The first-order valence-electron chi connectivity index (χ1n) is 5.90. The summed E-state index contributed by atoms with van der Waals surface area (Å²) in [6.07, 6.45) is 1.98. The Kier molecular flexibility index (Phi) is 3.60. The van der Waals surface area contributed by atoms with E-state index in [4.69, 9.17) is 0 Å². The van der Waals surface area contributed by atoms with Crippen LogP contribution in [-0.4, -0.2) is 24.4 Å². The molecule has 1 saturated carbocycles. The number of aryl methyl sites for hydroxylation is 1. The van der Waals surface area contributed by atoms with Crippen LogP contribution in [0.4, 0.5) is 4.39 Å². The van der Waals surface area contributed by atoms with Gasteiger partial charge in [-0.15, -0.1) is 0 Å². The molecule has 4 nitrogen and oxygen atoms in total. The molecule has 0 aliphatic heterocycles. The van der Waals surface area contributed by atoms with E-state index in [9.17, 15) is 14.0 Å². The highest BCUT2D eigenvalue weighted by Gasteiger charge is 2.23. The molecule has 0 saturated heterocycles. The fourth-order valence-corrected chi connectivity index (χ4v) is 1.57. The van der Waals surface area contributed by atoms with Gasteiger partial charge in [0, 0.05) is 6.04 Å². The van der Waals surface area contributed by atoms with E-state index in [1.165, 1.54) is 12.1 Å². The van der Waals surface area contributed by atoms with Crippen molar-refractivity contribution in [1.29, 1.82) is 0 Å². The van der Waals surface area contributed by atoms with Gasteiger partial charge in [0.1, 0.15) is 5.82 Å². The molecule has 1 aromatic rings. The van der Waals surface area contributed by atoms with Crippen LogP contribution in [0.3, 0.4) is 0 Å². The van der Waals surface area contributed by atoms with Crippen LogP contribution in [0, 0.1) is 12.7 Å². The van der Waals surface area contributed by atoms with E-state index in [2.05, 4.69) is 10.6 Å². The summed E-state index contributed by atoms with van der Waals surface area (Å²) in [5, 5.41) is 5.14. The van der Waals surface area contributed by atoms with Gasteiger partial charge in [-0.1, -0.05) is 6.07 Å². The summed E-state index contributed by atoms with van der Waals surface area (Å²) in [5.41, 5.74) is 0.704. The van der Waals surface area contributed by atoms with Crippen LogP contribution in [0.2, 0.25) is 0 Å². The number of benzene rings is 1. The average molecular weight is 250 g/mol. The number of hydrogen-bond acceptors (Lipinski definition) is 2. The van der Waals surface area contributed by atoms with Gasteiger partial charge >= 0.3 is 0 Å². The zero-order valence-electron chi connectivity index (χ0n) is 10.1. The van der Waals surface area contributed by atoms with E-state index >= 15 is 0 Å². The van der Waals surface area contributed by atoms with Crippen molar-refractivity contribution in [3.8, 4) is 0 Å². The van der Waals surface area contributed by atoms with Crippen molar-refractivity contribution in [3.63, 3.8) is 0 Å². The lowest BCUT2D eigenvalue weighted by Gasteiger charge is -2.07. The lowest BCUT2D eigenvalue weighted by atomic mass is 10.1. The molecule has 5 heteroatoms. The molecular weight excluding hydrogens is 235 g/mol. The topological polar surface area (TPSA) is 58.2 Å². The van der Waals surface area contributed by atoms with E-state index in [1.54, 1.807) is 13.0 Å². The smallest absolute Gasteiger partial charge is 0.254 e. The summed E-state index contributed by atoms with van der Waals surface area (Å²) in [7, 11) is 0. The minimum Gasteiger partial charge on any atom is -0.352 e. The van der Waals surface area contributed by atoms with Gasteiger partial charge < -0.3 is 10.6 Å². The highest BCUT2D eigenvalue weighted by Crippen LogP contribution is 2.18. The third-order valence-corrected chi connectivity index (χ3v) is 2.72. The molecule has 18 heavy (non-hydrogen) atoms. The molecule has 1 aliphatic carbocycles. The molecule has 0 atom stereocenters. The molecular formula is C13H15FN2O2. The van der Waals surface area contributed by atoms with E-state index in [0.29, 0.717) is 0 Å². The van der Waals surface area contributed by atoms with Crippen molar-refractivity contribution in [3.05, 3.63) is 35.1 Å². The summed E-state index contributed by atoms with van der Waals surface area (Å²) in [4.78, 5) is 23.0.